The molecule has 0 amide bonds. The van der Waals surface area contributed by atoms with Crippen molar-refractivity contribution in [3.8, 4) is 5.75 Å². The number of nitrogens with one attached hydrogen (secondary N) is 1. The fraction of sp³-hybridized carbons (Fsp3) is 0.500. The maximum Gasteiger partial charge on any atom is 0.389 e. The Labute approximate surface area is 112 Å². The van der Waals surface area contributed by atoms with Gasteiger partial charge in [-0.15, -0.1) is 0 Å². The van der Waals surface area contributed by atoms with Crippen LogP contribution in [0, 0.1) is 0 Å². The lowest BCUT2D eigenvalue weighted by Gasteiger charge is -2.17. The Balaban J connectivity index is 2.64. The van der Waals surface area contributed by atoms with Crippen LogP contribution < -0.4 is 16.0 Å². The van der Waals surface area contributed by atoms with Crippen molar-refractivity contribution in [3.05, 3.63) is 29.8 Å². The lowest BCUT2D eigenvalue weighted by molar-refractivity contribution is -0.135. The standard InChI is InChI=1S/C12H15F5N2O/c13-11(14)20-9-4-1-3-8(7-9)10(19-18)5-2-6-12(15,16)17/h1,3-4,7,10-11,19H,2,5-6,18H2. The van der Waals surface area contributed by atoms with Gasteiger partial charge in [0, 0.05) is 12.5 Å². The lowest BCUT2D eigenvalue weighted by Crippen LogP contribution is -2.28. The van der Waals surface area contributed by atoms with Crippen LogP contribution in [0.1, 0.15) is 30.9 Å². The molecule has 0 aliphatic heterocycles. The second-order valence-electron chi connectivity index (χ2n) is 4.18. The van der Waals surface area contributed by atoms with E-state index < -0.39 is 25.3 Å². The monoisotopic (exact) mass is 298 g/mol. The first-order valence-electron chi connectivity index (χ1n) is 5.89. The molecular formula is C12H15F5N2O. The predicted molar refractivity (Wildman–Crippen MR) is 63.0 cm³/mol. The first kappa shape index (κ1) is 16.6. The van der Waals surface area contributed by atoms with Crippen LogP contribution in [0.25, 0.3) is 0 Å². The average molecular weight is 298 g/mol. The largest absolute Gasteiger partial charge is 0.435 e. The highest BCUT2D eigenvalue weighted by Crippen LogP contribution is 2.27. The third kappa shape index (κ3) is 6.16. The van der Waals surface area contributed by atoms with E-state index in [1.807, 2.05) is 0 Å². The smallest absolute Gasteiger partial charge is 0.389 e. The van der Waals surface area contributed by atoms with Crippen LogP contribution in [-0.4, -0.2) is 12.8 Å². The second kappa shape index (κ2) is 7.39. The summed E-state index contributed by atoms with van der Waals surface area (Å²) < 4.78 is 64.6. The summed E-state index contributed by atoms with van der Waals surface area (Å²) in [5, 5.41) is 0. The fourth-order valence-corrected chi connectivity index (χ4v) is 1.76. The average Bonchev–Trinajstić information content (AvgIpc) is 2.33. The lowest BCUT2D eigenvalue weighted by atomic mass is 10.0. The van der Waals surface area contributed by atoms with E-state index in [4.69, 9.17) is 5.84 Å². The van der Waals surface area contributed by atoms with Gasteiger partial charge in [0.1, 0.15) is 5.75 Å². The number of alkyl halides is 5. The van der Waals surface area contributed by atoms with Gasteiger partial charge >= 0.3 is 12.8 Å². The van der Waals surface area contributed by atoms with Crippen LogP contribution in [0.3, 0.4) is 0 Å². The number of hydrogen-bond acceptors (Lipinski definition) is 3. The Kier molecular flexibility index (Phi) is 6.15. The topological polar surface area (TPSA) is 47.3 Å². The first-order valence-corrected chi connectivity index (χ1v) is 5.89. The van der Waals surface area contributed by atoms with Crippen LogP contribution in [0.15, 0.2) is 24.3 Å². The normalized spacial score (nSPS) is 13.6. The Morgan fingerprint density at radius 1 is 1.25 bits per heavy atom. The third-order valence-electron chi connectivity index (χ3n) is 2.64. The molecule has 0 bridgehead atoms. The van der Waals surface area contributed by atoms with Crippen molar-refractivity contribution < 1.29 is 26.7 Å². The van der Waals surface area contributed by atoms with Gasteiger partial charge in [0.2, 0.25) is 0 Å². The van der Waals surface area contributed by atoms with E-state index in [0.717, 1.165) is 0 Å². The Morgan fingerprint density at radius 2 is 1.95 bits per heavy atom. The SMILES string of the molecule is NNC(CCCC(F)(F)F)c1cccc(OC(F)F)c1. The van der Waals surface area contributed by atoms with Gasteiger partial charge in [0.05, 0.1) is 0 Å². The predicted octanol–water partition coefficient (Wildman–Crippen LogP) is 3.53. The van der Waals surface area contributed by atoms with Crippen molar-refractivity contribution >= 4 is 0 Å². The van der Waals surface area contributed by atoms with Gasteiger partial charge in [-0.3, -0.25) is 11.3 Å². The number of nitrogens with two attached hydrogens (primary N) is 1. The number of halogens is 5. The fourth-order valence-electron chi connectivity index (χ4n) is 1.76. The van der Waals surface area contributed by atoms with Crippen LogP contribution in [0.5, 0.6) is 5.75 Å². The molecule has 1 rings (SSSR count). The molecule has 114 valence electrons. The molecule has 1 atom stereocenters. The van der Waals surface area contributed by atoms with E-state index in [9.17, 15) is 22.0 Å². The Bertz CT molecular complexity index is 411. The van der Waals surface area contributed by atoms with Crippen LogP contribution in [-0.2, 0) is 0 Å². The Hall–Kier alpha value is -1.41. The Morgan fingerprint density at radius 3 is 2.50 bits per heavy atom. The highest BCUT2D eigenvalue weighted by atomic mass is 19.4. The molecule has 1 aromatic rings. The molecule has 0 aliphatic carbocycles. The zero-order chi connectivity index (χ0) is 15.2. The van der Waals surface area contributed by atoms with E-state index in [1.54, 1.807) is 6.07 Å². The summed E-state index contributed by atoms with van der Waals surface area (Å²) >= 11 is 0. The van der Waals surface area contributed by atoms with Gasteiger partial charge in [-0.05, 0) is 30.5 Å². The molecule has 1 aromatic carbocycles. The molecule has 0 heterocycles. The van der Waals surface area contributed by atoms with Crippen LogP contribution in [0.4, 0.5) is 22.0 Å². The molecule has 0 saturated carbocycles. The molecule has 0 spiro atoms. The second-order valence-corrected chi connectivity index (χ2v) is 4.18. The van der Waals surface area contributed by atoms with Crippen molar-refractivity contribution in [2.45, 2.75) is 38.1 Å². The summed E-state index contributed by atoms with van der Waals surface area (Å²) in [7, 11) is 0. The number of hydrogen-bond donors (Lipinski definition) is 2. The maximum atomic E-state index is 12.1. The zero-order valence-corrected chi connectivity index (χ0v) is 10.5. The van der Waals surface area contributed by atoms with Crippen LogP contribution >= 0.6 is 0 Å². The van der Waals surface area contributed by atoms with Gasteiger partial charge in [0.15, 0.2) is 0 Å². The minimum atomic E-state index is -4.22. The quantitative estimate of drug-likeness (QED) is 0.460. The van der Waals surface area contributed by atoms with E-state index in [-0.39, 0.29) is 18.6 Å². The molecule has 0 aliphatic rings. The molecule has 20 heavy (non-hydrogen) atoms. The number of benzene rings is 1. The summed E-state index contributed by atoms with van der Waals surface area (Å²) in [6.07, 6.45) is -5.12. The van der Waals surface area contributed by atoms with E-state index in [0.29, 0.717) is 5.56 Å². The van der Waals surface area contributed by atoms with Gasteiger partial charge in [-0.25, -0.2) is 0 Å². The van der Waals surface area contributed by atoms with E-state index in [1.165, 1.54) is 18.2 Å². The molecule has 0 fully saturated rings. The van der Waals surface area contributed by atoms with E-state index in [2.05, 4.69) is 10.2 Å². The number of hydrazine groups is 1. The van der Waals surface area contributed by atoms with Crippen molar-refractivity contribution in [2.75, 3.05) is 0 Å². The maximum absolute atomic E-state index is 12.1. The van der Waals surface area contributed by atoms with Gasteiger partial charge in [-0.1, -0.05) is 12.1 Å². The van der Waals surface area contributed by atoms with Crippen molar-refractivity contribution in [1.82, 2.24) is 5.43 Å². The zero-order valence-electron chi connectivity index (χ0n) is 10.5. The molecule has 0 radical (unpaired) electrons. The summed E-state index contributed by atoms with van der Waals surface area (Å²) in [5.74, 6) is 5.22. The summed E-state index contributed by atoms with van der Waals surface area (Å²) in [6.45, 7) is -2.96. The molecule has 0 aromatic heterocycles. The minimum Gasteiger partial charge on any atom is -0.435 e. The first-order chi connectivity index (χ1) is 9.31. The molecule has 1 unspecified atom stereocenters. The summed E-state index contributed by atoms with van der Waals surface area (Å²) in [4.78, 5) is 0. The van der Waals surface area contributed by atoms with E-state index >= 15 is 0 Å². The molecule has 0 saturated heterocycles. The van der Waals surface area contributed by atoms with Gasteiger partial charge < -0.3 is 4.74 Å². The highest BCUT2D eigenvalue weighted by Gasteiger charge is 2.26. The molecule has 3 N–H and O–H groups in total. The molecule has 3 nitrogen and oxygen atoms in total. The molecule has 8 heteroatoms. The van der Waals surface area contributed by atoms with Crippen molar-refractivity contribution in [2.24, 2.45) is 5.84 Å². The van der Waals surface area contributed by atoms with Gasteiger partial charge in [-0.2, -0.15) is 22.0 Å². The third-order valence-corrected chi connectivity index (χ3v) is 2.64. The van der Waals surface area contributed by atoms with Crippen molar-refractivity contribution in [3.63, 3.8) is 0 Å². The summed E-state index contributed by atoms with van der Waals surface area (Å²) in [5.41, 5.74) is 2.87. The van der Waals surface area contributed by atoms with Crippen molar-refractivity contribution in [1.29, 1.82) is 0 Å². The highest BCUT2D eigenvalue weighted by molar-refractivity contribution is 5.30. The number of rotatable bonds is 7. The molecular weight excluding hydrogens is 283 g/mol. The van der Waals surface area contributed by atoms with Crippen LogP contribution in [0.2, 0.25) is 0 Å². The summed E-state index contributed by atoms with van der Waals surface area (Å²) in [6, 6.07) is 5.15. The number of ether oxygens (including phenoxy) is 1. The van der Waals surface area contributed by atoms with Gasteiger partial charge in [0.25, 0.3) is 0 Å². The minimum absolute atomic E-state index is 0.0615.